The van der Waals surface area contributed by atoms with Crippen LogP contribution in [0.3, 0.4) is 0 Å². The predicted molar refractivity (Wildman–Crippen MR) is 130 cm³/mol. The molecule has 33 heavy (non-hydrogen) atoms. The molecule has 3 aromatic rings. The molecule has 2 heterocycles. The molecule has 1 amide bonds. The number of amides is 1. The first-order chi connectivity index (χ1) is 15.8. The fourth-order valence-electron chi connectivity index (χ4n) is 4.10. The maximum Gasteiger partial charge on any atom is 0.246 e. The van der Waals surface area contributed by atoms with Gasteiger partial charge in [-0.05, 0) is 47.2 Å². The molecule has 1 aliphatic rings. The Balaban J connectivity index is 1.56. The molecule has 9 heteroatoms. The number of hydrogen-bond acceptors (Lipinski definition) is 6. The second kappa shape index (κ2) is 9.64. The number of nitrogens with zero attached hydrogens (tertiary/aromatic N) is 2. The van der Waals surface area contributed by atoms with Gasteiger partial charge in [0.05, 0.1) is 19.7 Å². The molecule has 0 fully saturated rings. The Bertz CT molecular complexity index is 1240. The van der Waals surface area contributed by atoms with E-state index in [9.17, 15) is 13.2 Å². The van der Waals surface area contributed by atoms with E-state index in [4.69, 9.17) is 4.74 Å². The largest absolute Gasteiger partial charge is 0.495 e. The third kappa shape index (κ3) is 4.81. The summed E-state index contributed by atoms with van der Waals surface area (Å²) >= 11 is 1.76. The van der Waals surface area contributed by atoms with Crippen LogP contribution in [0.2, 0.25) is 0 Å². The van der Waals surface area contributed by atoms with Gasteiger partial charge in [-0.3, -0.25) is 9.69 Å². The second-order valence-electron chi connectivity index (χ2n) is 8.03. The number of sulfonamides is 1. The molecule has 4 rings (SSSR count). The van der Waals surface area contributed by atoms with E-state index >= 15 is 0 Å². The summed E-state index contributed by atoms with van der Waals surface area (Å²) < 4.78 is 31.7. The van der Waals surface area contributed by atoms with E-state index in [1.165, 1.54) is 37.7 Å². The van der Waals surface area contributed by atoms with Gasteiger partial charge >= 0.3 is 0 Å². The van der Waals surface area contributed by atoms with Crippen LogP contribution in [0, 0.1) is 0 Å². The van der Waals surface area contributed by atoms with E-state index < -0.39 is 10.0 Å². The topological polar surface area (TPSA) is 79.0 Å². The Morgan fingerprint density at radius 3 is 2.64 bits per heavy atom. The van der Waals surface area contributed by atoms with E-state index in [-0.39, 0.29) is 29.1 Å². The number of thiophene rings is 1. The van der Waals surface area contributed by atoms with Crippen molar-refractivity contribution in [2.45, 2.75) is 17.4 Å². The molecular weight excluding hydrogens is 458 g/mol. The van der Waals surface area contributed by atoms with Crippen molar-refractivity contribution in [3.05, 3.63) is 76.0 Å². The molecule has 0 spiro atoms. The third-order valence-corrected chi connectivity index (χ3v) is 8.57. The lowest BCUT2D eigenvalue weighted by Gasteiger charge is -2.35. The number of hydrogen-bond donors (Lipinski definition) is 1. The average molecular weight is 486 g/mol. The quantitative estimate of drug-likeness (QED) is 0.553. The Morgan fingerprint density at radius 1 is 1.18 bits per heavy atom. The van der Waals surface area contributed by atoms with Crippen molar-refractivity contribution < 1.29 is 17.9 Å². The van der Waals surface area contributed by atoms with Crippen LogP contribution in [0.25, 0.3) is 0 Å². The summed E-state index contributed by atoms with van der Waals surface area (Å²) in [5.74, 6) is 0.0276. The van der Waals surface area contributed by atoms with Gasteiger partial charge in [0.2, 0.25) is 15.9 Å². The van der Waals surface area contributed by atoms with Crippen LogP contribution in [0.1, 0.15) is 22.0 Å². The van der Waals surface area contributed by atoms with Crippen molar-refractivity contribution in [3.8, 4) is 5.75 Å². The van der Waals surface area contributed by atoms with E-state index in [0.717, 1.165) is 22.8 Å². The number of nitrogens with one attached hydrogen (secondary N) is 1. The van der Waals surface area contributed by atoms with Crippen LogP contribution in [0.4, 0.5) is 5.69 Å². The summed E-state index contributed by atoms with van der Waals surface area (Å²) in [5, 5.41) is 4.97. The zero-order valence-electron chi connectivity index (χ0n) is 18.8. The van der Waals surface area contributed by atoms with Gasteiger partial charge in [0.25, 0.3) is 0 Å². The summed E-state index contributed by atoms with van der Waals surface area (Å²) in [6.07, 6.45) is 0.900. The maximum atomic E-state index is 13.0. The molecule has 1 N–H and O–H groups in total. The summed E-state index contributed by atoms with van der Waals surface area (Å²) in [7, 11) is 0.603. The molecule has 0 saturated carbocycles. The highest BCUT2D eigenvalue weighted by molar-refractivity contribution is 7.89. The lowest BCUT2D eigenvalue weighted by molar-refractivity contribution is -0.117. The monoisotopic (exact) mass is 485 g/mol. The number of fused-ring (bicyclic) bond motifs is 1. The highest BCUT2D eigenvalue weighted by atomic mass is 32.2. The van der Waals surface area contributed by atoms with Gasteiger partial charge in [0.15, 0.2) is 0 Å². The maximum absolute atomic E-state index is 13.0. The van der Waals surface area contributed by atoms with Gasteiger partial charge < -0.3 is 10.1 Å². The Labute approximate surface area is 198 Å². The minimum Gasteiger partial charge on any atom is -0.495 e. The Morgan fingerprint density at radius 2 is 1.94 bits per heavy atom. The SMILES string of the molecule is COc1ccc(NC(=O)CN2CCc3sccc3[C@H]2c2ccccc2)cc1S(=O)(=O)N(C)C. The summed E-state index contributed by atoms with van der Waals surface area (Å²) in [5.41, 5.74) is 2.80. The Hall–Kier alpha value is -2.72. The number of ether oxygens (including phenoxy) is 1. The normalized spacial score (nSPS) is 16.4. The summed E-state index contributed by atoms with van der Waals surface area (Å²) in [6, 6.07) is 17.0. The van der Waals surface area contributed by atoms with Gasteiger partial charge in [0.1, 0.15) is 10.6 Å². The molecule has 174 valence electrons. The van der Waals surface area contributed by atoms with Gasteiger partial charge in [0, 0.05) is 31.2 Å². The van der Waals surface area contributed by atoms with Crippen LogP contribution in [-0.2, 0) is 21.2 Å². The lowest BCUT2D eigenvalue weighted by atomic mass is 9.93. The van der Waals surface area contributed by atoms with Crippen LogP contribution >= 0.6 is 11.3 Å². The summed E-state index contributed by atoms with van der Waals surface area (Å²) in [6.45, 7) is 0.958. The molecule has 0 bridgehead atoms. The van der Waals surface area contributed by atoms with Crippen molar-refractivity contribution >= 4 is 33.0 Å². The summed E-state index contributed by atoms with van der Waals surface area (Å²) in [4.78, 5) is 16.5. The van der Waals surface area contributed by atoms with E-state index in [2.05, 4.69) is 33.8 Å². The average Bonchev–Trinajstić information content (AvgIpc) is 3.28. The fraction of sp³-hybridized carbons (Fsp3) is 0.292. The molecule has 1 atom stereocenters. The van der Waals surface area contributed by atoms with Gasteiger partial charge in [-0.15, -0.1) is 11.3 Å². The first-order valence-electron chi connectivity index (χ1n) is 10.6. The molecule has 1 aromatic heterocycles. The van der Waals surface area contributed by atoms with Gasteiger partial charge in [-0.25, -0.2) is 12.7 Å². The van der Waals surface area contributed by atoms with Crippen molar-refractivity contribution in [1.29, 1.82) is 0 Å². The number of methoxy groups -OCH3 is 1. The van der Waals surface area contributed by atoms with Crippen molar-refractivity contribution in [1.82, 2.24) is 9.21 Å². The lowest BCUT2D eigenvalue weighted by Crippen LogP contribution is -2.40. The number of carbonyl (C=O) groups is 1. The first kappa shape index (κ1) is 23.4. The van der Waals surface area contributed by atoms with Crippen molar-refractivity contribution in [3.63, 3.8) is 0 Å². The predicted octanol–water partition coefficient (Wildman–Crippen LogP) is 3.59. The number of anilines is 1. The van der Waals surface area contributed by atoms with Crippen LogP contribution < -0.4 is 10.1 Å². The molecular formula is C24H27N3O4S2. The Kier molecular flexibility index (Phi) is 6.85. The van der Waals surface area contributed by atoms with Gasteiger partial charge in [-0.1, -0.05) is 30.3 Å². The number of benzene rings is 2. The zero-order valence-corrected chi connectivity index (χ0v) is 20.4. The molecule has 1 aliphatic heterocycles. The smallest absolute Gasteiger partial charge is 0.246 e. The number of carbonyl (C=O) groups excluding carboxylic acids is 1. The highest BCUT2D eigenvalue weighted by Crippen LogP contribution is 2.37. The van der Waals surface area contributed by atoms with Crippen LogP contribution in [0.15, 0.2) is 64.9 Å². The minimum atomic E-state index is -3.73. The molecule has 0 unspecified atom stereocenters. The van der Waals surface area contributed by atoms with E-state index in [1.54, 1.807) is 23.5 Å². The standard InChI is InChI=1S/C24H27N3O4S2/c1-26(2)33(29,30)22-15-18(9-10-20(22)31-3)25-23(28)16-27-13-11-21-19(12-14-32-21)24(27)17-7-5-4-6-8-17/h4-10,12,14-15,24H,11,13,16H2,1-3H3,(H,25,28)/t24-/m1/s1. The molecule has 2 aromatic carbocycles. The van der Waals surface area contributed by atoms with Crippen molar-refractivity contribution in [2.24, 2.45) is 0 Å². The molecule has 0 saturated heterocycles. The zero-order chi connectivity index (χ0) is 23.6. The van der Waals surface area contributed by atoms with Crippen LogP contribution in [0.5, 0.6) is 5.75 Å². The van der Waals surface area contributed by atoms with Crippen LogP contribution in [-0.4, -0.2) is 57.8 Å². The number of rotatable bonds is 7. The second-order valence-corrected chi connectivity index (χ2v) is 11.2. The third-order valence-electron chi connectivity index (χ3n) is 5.73. The molecule has 0 aliphatic carbocycles. The first-order valence-corrected chi connectivity index (χ1v) is 12.9. The van der Waals surface area contributed by atoms with E-state index in [1.807, 2.05) is 18.2 Å². The van der Waals surface area contributed by atoms with E-state index in [0.29, 0.717) is 5.69 Å². The fourth-order valence-corrected chi connectivity index (χ4v) is 6.08. The molecule has 7 nitrogen and oxygen atoms in total. The highest BCUT2D eigenvalue weighted by Gasteiger charge is 2.31. The van der Waals surface area contributed by atoms with Gasteiger partial charge in [-0.2, -0.15) is 0 Å². The minimum absolute atomic E-state index is 0.00694. The van der Waals surface area contributed by atoms with Crippen molar-refractivity contribution in [2.75, 3.05) is 39.6 Å². The molecule has 0 radical (unpaired) electrons.